The molecule has 0 aromatic rings. The first-order valence-corrected chi connectivity index (χ1v) is 2.59. The zero-order valence-corrected chi connectivity index (χ0v) is 4.54. The fourth-order valence-electron chi connectivity index (χ4n) is 0.367. The molecule has 3 heteroatoms. The Morgan fingerprint density at radius 1 is 2.00 bits per heavy atom. The lowest BCUT2D eigenvalue weighted by molar-refractivity contribution is 0.762. The van der Waals surface area contributed by atoms with E-state index in [1.165, 1.54) is 0 Å². The van der Waals surface area contributed by atoms with Gasteiger partial charge in [-0.1, -0.05) is 0 Å². The molecule has 1 heterocycles. The monoisotopic (exact) mass is 102 g/mol. The Balaban J connectivity index is 2.32. The second kappa shape index (κ2) is 1.57. The molecule has 2 unspecified atom stereocenters. The minimum absolute atomic E-state index is 0.491. The van der Waals surface area contributed by atoms with Gasteiger partial charge in [-0.05, 0) is 0 Å². The van der Waals surface area contributed by atoms with Crippen LogP contribution in [0.15, 0.2) is 5.10 Å². The molecular weight excluding hydrogens is 95.0 g/mol. The maximum atomic E-state index is 3.77. The van der Waals surface area contributed by atoms with Gasteiger partial charge in [0.05, 0.1) is 5.78 Å². The van der Waals surface area contributed by atoms with E-state index >= 15 is 0 Å². The number of hydrazone groups is 1. The summed E-state index contributed by atoms with van der Waals surface area (Å²) in [6.07, 6.45) is 2.92. The summed E-state index contributed by atoms with van der Waals surface area (Å²) in [5.41, 5.74) is 2.85. The average Bonchev–Trinajstić information content (AvgIpc) is 1.86. The van der Waals surface area contributed by atoms with Crippen molar-refractivity contribution in [1.82, 2.24) is 5.43 Å². The predicted octanol–water partition coefficient (Wildman–Crippen LogP) is 0.167. The number of hydrogen-bond acceptors (Lipinski definition) is 2. The van der Waals surface area contributed by atoms with Crippen molar-refractivity contribution in [3.63, 3.8) is 0 Å². The van der Waals surface area contributed by atoms with Crippen LogP contribution in [0.3, 0.4) is 0 Å². The third kappa shape index (κ3) is 0.689. The summed E-state index contributed by atoms with van der Waals surface area (Å²) in [5.74, 6) is 0.491. The largest absolute Gasteiger partial charge is 0.303 e. The van der Waals surface area contributed by atoms with Gasteiger partial charge in [-0.25, -0.2) is 0 Å². The Kier molecular flexibility index (Phi) is 1.06. The predicted molar refractivity (Wildman–Crippen MR) is 29.7 cm³/mol. The molecule has 34 valence electrons. The summed E-state index contributed by atoms with van der Waals surface area (Å²) in [6, 6.07) is 0. The van der Waals surface area contributed by atoms with Crippen molar-refractivity contribution < 1.29 is 0 Å². The summed E-state index contributed by atoms with van der Waals surface area (Å²) in [6.45, 7) is 0. The number of nitrogens with zero attached hydrogens (tertiary/aromatic N) is 1. The molecule has 0 amide bonds. The normalized spacial score (nSPS) is 30.5. The molecule has 0 spiro atoms. The molecule has 1 aliphatic heterocycles. The SMILES string of the molecule is PC1CC=NN1. The summed E-state index contributed by atoms with van der Waals surface area (Å²) in [5, 5.41) is 3.77. The molecule has 1 rings (SSSR count). The van der Waals surface area contributed by atoms with Gasteiger partial charge in [-0.15, -0.1) is 9.24 Å². The highest BCUT2D eigenvalue weighted by atomic mass is 31.0. The lowest BCUT2D eigenvalue weighted by Crippen LogP contribution is -2.08. The molecule has 0 saturated carbocycles. The summed E-state index contributed by atoms with van der Waals surface area (Å²) >= 11 is 0. The van der Waals surface area contributed by atoms with Gasteiger partial charge in [0.2, 0.25) is 0 Å². The summed E-state index contributed by atoms with van der Waals surface area (Å²) < 4.78 is 0. The first-order valence-electron chi connectivity index (χ1n) is 1.92. The molecule has 0 saturated heterocycles. The Labute approximate surface area is 39.2 Å². The highest BCUT2D eigenvalue weighted by Gasteiger charge is 1.99. The molecular formula is C3H7N2P. The lowest BCUT2D eigenvalue weighted by Gasteiger charge is -1.94. The van der Waals surface area contributed by atoms with Crippen molar-refractivity contribution in [2.75, 3.05) is 0 Å². The van der Waals surface area contributed by atoms with Crippen LogP contribution in [0.25, 0.3) is 0 Å². The van der Waals surface area contributed by atoms with E-state index in [0.29, 0.717) is 5.78 Å². The van der Waals surface area contributed by atoms with Gasteiger partial charge in [-0.3, -0.25) is 0 Å². The molecule has 0 aromatic carbocycles. The fourth-order valence-corrected chi connectivity index (χ4v) is 0.575. The topological polar surface area (TPSA) is 24.4 Å². The van der Waals surface area contributed by atoms with E-state index in [-0.39, 0.29) is 0 Å². The van der Waals surface area contributed by atoms with Crippen LogP contribution >= 0.6 is 9.24 Å². The minimum atomic E-state index is 0.491. The van der Waals surface area contributed by atoms with E-state index in [9.17, 15) is 0 Å². The van der Waals surface area contributed by atoms with Gasteiger partial charge in [0.1, 0.15) is 0 Å². The van der Waals surface area contributed by atoms with Crippen molar-refractivity contribution in [1.29, 1.82) is 0 Å². The van der Waals surface area contributed by atoms with Crippen LogP contribution in [0.1, 0.15) is 6.42 Å². The lowest BCUT2D eigenvalue weighted by atomic mass is 10.5. The molecule has 0 radical (unpaired) electrons. The second-order valence-corrected chi connectivity index (χ2v) is 2.09. The van der Waals surface area contributed by atoms with E-state index in [1.54, 1.807) is 0 Å². The van der Waals surface area contributed by atoms with Gasteiger partial charge in [0, 0.05) is 12.6 Å². The van der Waals surface area contributed by atoms with Crippen molar-refractivity contribution in [2.45, 2.75) is 12.2 Å². The van der Waals surface area contributed by atoms with E-state index in [0.717, 1.165) is 6.42 Å². The van der Waals surface area contributed by atoms with Gasteiger partial charge in [-0.2, -0.15) is 5.10 Å². The van der Waals surface area contributed by atoms with Gasteiger partial charge < -0.3 is 5.43 Å². The minimum Gasteiger partial charge on any atom is -0.303 e. The van der Waals surface area contributed by atoms with Crippen molar-refractivity contribution in [3.05, 3.63) is 0 Å². The van der Waals surface area contributed by atoms with E-state index < -0.39 is 0 Å². The molecule has 1 aliphatic rings. The number of rotatable bonds is 0. The molecule has 0 aliphatic carbocycles. The Morgan fingerprint density at radius 2 is 2.83 bits per heavy atom. The maximum absolute atomic E-state index is 3.77. The molecule has 0 aromatic heterocycles. The number of hydrogen-bond donors (Lipinski definition) is 1. The van der Waals surface area contributed by atoms with Crippen LogP contribution in [0.2, 0.25) is 0 Å². The zero-order chi connectivity index (χ0) is 4.41. The van der Waals surface area contributed by atoms with Crippen LogP contribution in [0.5, 0.6) is 0 Å². The third-order valence-corrected chi connectivity index (χ3v) is 1.11. The van der Waals surface area contributed by atoms with Gasteiger partial charge in [0.25, 0.3) is 0 Å². The van der Waals surface area contributed by atoms with Crippen molar-refractivity contribution in [2.24, 2.45) is 5.10 Å². The molecule has 0 bridgehead atoms. The standard InChI is InChI=1S/C3H7N2P/c6-3-1-2-4-5-3/h2-3,5H,1,6H2. The van der Waals surface area contributed by atoms with E-state index in [2.05, 4.69) is 19.8 Å². The van der Waals surface area contributed by atoms with Gasteiger partial charge in [0.15, 0.2) is 0 Å². The highest BCUT2D eigenvalue weighted by Crippen LogP contribution is 2.02. The first kappa shape index (κ1) is 4.07. The molecule has 6 heavy (non-hydrogen) atoms. The zero-order valence-electron chi connectivity index (χ0n) is 3.39. The second-order valence-electron chi connectivity index (χ2n) is 1.28. The van der Waals surface area contributed by atoms with Crippen LogP contribution in [0.4, 0.5) is 0 Å². The Hall–Kier alpha value is -0.100. The van der Waals surface area contributed by atoms with Crippen LogP contribution < -0.4 is 5.43 Å². The van der Waals surface area contributed by atoms with Crippen LogP contribution in [-0.2, 0) is 0 Å². The average molecular weight is 102 g/mol. The van der Waals surface area contributed by atoms with Crippen LogP contribution in [-0.4, -0.2) is 12.0 Å². The van der Waals surface area contributed by atoms with Gasteiger partial charge >= 0.3 is 0 Å². The van der Waals surface area contributed by atoms with E-state index in [1.807, 2.05) is 6.21 Å². The van der Waals surface area contributed by atoms with Crippen molar-refractivity contribution in [3.8, 4) is 0 Å². The van der Waals surface area contributed by atoms with Crippen LogP contribution in [0, 0.1) is 0 Å². The maximum Gasteiger partial charge on any atom is 0.0626 e. The van der Waals surface area contributed by atoms with E-state index in [4.69, 9.17) is 0 Å². The smallest absolute Gasteiger partial charge is 0.0626 e. The highest BCUT2D eigenvalue weighted by molar-refractivity contribution is 7.17. The summed E-state index contributed by atoms with van der Waals surface area (Å²) in [7, 11) is 2.64. The summed E-state index contributed by atoms with van der Waals surface area (Å²) in [4.78, 5) is 0. The fraction of sp³-hybridized carbons (Fsp3) is 0.667. The molecule has 0 fully saturated rings. The van der Waals surface area contributed by atoms with Crippen molar-refractivity contribution >= 4 is 15.5 Å². The molecule has 2 atom stereocenters. The first-order chi connectivity index (χ1) is 2.89. The number of nitrogens with one attached hydrogen (secondary N) is 1. The molecule has 2 nitrogen and oxygen atoms in total. The molecule has 1 N–H and O–H groups in total. The third-order valence-electron chi connectivity index (χ3n) is 0.691. The Bertz CT molecular complexity index is 63.2. The Morgan fingerprint density at radius 3 is 3.00 bits per heavy atom. The quantitative estimate of drug-likeness (QED) is 0.433.